The van der Waals surface area contributed by atoms with Crippen LogP contribution in [0.5, 0.6) is 0 Å². The van der Waals surface area contributed by atoms with Crippen molar-refractivity contribution < 1.29 is 19.1 Å². The first kappa shape index (κ1) is 24.4. The van der Waals surface area contributed by atoms with Gasteiger partial charge >= 0.3 is 0 Å². The van der Waals surface area contributed by atoms with Gasteiger partial charge in [0.25, 0.3) is 0 Å². The Morgan fingerprint density at radius 3 is 2.83 bits per heavy atom. The van der Waals surface area contributed by atoms with E-state index >= 15 is 0 Å². The molecule has 0 radical (unpaired) electrons. The number of thiazole rings is 1. The maximum absolute atomic E-state index is 12.9. The number of carbonyl (C=O) groups excluding carboxylic acids is 2. The molecule has 2 amide bonds. The topological polar surface area (TPSA) is 92.8 Å². The van der Waals surface area contributed by atoms with Crippen molar-refractivity contribution in [1.29, 1.82) is 0 Å². The van der Waals surface area contributed by atoms with Crippen LogP contribution in [0, 0.1) is 5.92 Å². The van der Waals surface area contributed by atoms with Gasteiger partial charge in [0.2, 0.25) is 11.8 Å². The molecule has 2 unspecified atom stereocenters. The van der Waals surface area contributed by atoms with E-state index in [-0.39, 0.29) is 24.3 Å². The molecule has 1 aliphatic carbocycles. The molecule has 2 aromatic rings. The summed E-state index contributed by atoms with van der Waals surface area (Å²) < 4.78 is 11.8. The average Bonchev–Trinajstić information content (AvgIpc) is 3.51. The molecule has 35 heavy (non-hydrogen) atoms. The van der Waals surface area contributed by atoms with Gasteiger partial charge in [0.1, 0.15) is 0 Å². The van der Waals surface area contributed by atoms with Gasteiger partial charge in [-0.25, -0.2) is 4.98 Å². The Morgan fingerprint density at radius 2 is 2.06 bits per heavy atom. The number of hydrogen-bond acceptors (Lipinski definition) is 7. The summed E-state index contributed by atoms with van der Waals surface area (Å²) in [7, 11) is 0. The number of nitrogens with one attached hydrogen (secondary N) is 2. The van der Waals surface area contributed by atoms with Crippen LogP contribution in [0.2, 0.25) is 0 Å². The molecule has 1 saturated carbocycles. The van der Waals surface area contributed by atoms with E-state index in [2.05, 4.69) is 15.6 Å². The lowest BCUT2D eigenvalue weighted by atomic mass is 9.98. The number of rotatable bonds is 8. The Balaban J connectivity index is 1.11. The van der Waals surface area contributed by atoms with E-state index < -0.39 is 5.92 Å². The fraction of sp³-hybridized carbons (Fsp3) is 0.577. The van der Waals surface area contributed by atoms with Crippen molar-refractivity contribution in [1.82, 2.24) is 10.3 Å². The summed E-state index contributed by atoms with van der Waals surface area (Å²) in [6.45, 7) is 3.41. The summed E-state index contributed by atoms with van der Waals surface area (Å²) in [6.07, 6.45) is 9.38. The lowest BCUT2D eigenvalue weighted by molar-refractivity contribution is -0.122. The van der Waals surface area contributed by atoms with Crippen LogP contribution in [-0.4, -0.2) is 55.2 Å². The van der Waals surface area contributed by atoms with Gasteiger partial charge in [-0.05, 0) is 37.0 Å². The van der Waals surface area contributed by atoms with Crippen molar-refractivity contribution in [2.24, 2.45) is 5.92 Å². The predicted octanol–water partition coefficient (Wildman–Crippen LogP) is 3.51. The molecule has 0 bridgehead atoms. The molecule has 188 valence electrons. The van der Waals surface area contributed by atoms with Crippen LogP contribution < -0.4 is 15.5 Å². The van der Waals surface area contributed by atoms with Crippen LogP contribution in [-0.2, 0) is 32.1 Å². The standard InChI is InChI=1S/C26H34N4O4S/c31-24-13-19(16-30(24)20-8-6-18(7-9-20)12-22-14-27-10-11-33-22)25(32)29-26-28-15-23(35-26)17-34-21-4-2-1-3-5-21/h6-9,15,19,21-22,27H,1-5,10-14,16-17H2,(H,28,29,32). The van der Waals surface area contributed by atoms with Crippen LogP contribution in [0.1, 0.15) is 49.0 Å². The third-order valence-electron chi connectivity index (χ3n) is 7.01. The molecule has 1 aromatic heterocycles. The minimum atomic E-state index is -0.394. The zero-order valence-corrected chi connectivity index (χ0v) is 20.9. The van der Waals surface area contributed by atoms with Gasteiger partial charge < -0.3 is 25.0 Å². The van der Waals surface area contributed by atoms with Crippen LogP contribution in [0.3, 0.4) is 0 Å². The molecule has 3 aliphatic rings. The second-order valence-electron chi connectivity index (χ2n) is 9.66. The quantitative estimate of drug-likeness (QED) is 0.579. The Kier molecular flexibility index (Phi) is 8.08. The van der Waals surface area contributed by atoms with Gasteiger partial charge in [0.15, 0.2) is 5.13 Å². The minimum absolute atomic E-state index is 0.0292. The first-order valence-corrected chi connectivity index (χ1v) is 13.5. The average molecular weight is 499 g/mol. The van der Waals surface area contributed by atoms with E-state index in [1.807, 2.05) is 24.3 Å². The highest BCUT2D eigenvalue weighted by molar-refractivity contribution is 7.15. The summed E-state index contributed by atoms with van der Waals surface area (Å²) in [5, 5.41) is 6.81. The molecular weight excluding hydrogens is 464 g/mol. The number of amides is 2. The lowest BCUT2D eigenvalue weighted by Gasteiger charge is -2.24. The molecule has 3 heterocycles. The maximum Gasteiger partial charge on any atom is 0.231 e. The van der Waals surface area contributed by atoms with E-state index in [1.54, 1.807) is 11.1 Å². The summed E-state index contributed by atoms with van der Waals surface area (Å²) in [6, 6.07) is 8.01. The molecule has 0 spiro atoms. The van der Waals surface area contributed by atoms with Crippen molar-refractivity contribution >= 4 is 34.0 Å². The molecule has 8 nitrogen and oxygen atoms in total. The highest BCUT2D eigenvalue weighted by Crippen LogP contribution is 2.28. The number of morpholine rings is 1. The third-order valence-corrected chi connectivity index (χ3v) is 7.90. The first-order valence-electron chi connectivity index (χ1n) is 12.7. The van der Waals surface area contributed by atoms with Gasteiger partial charge in [-0.1, -0.05) is 42.7 Å². The van der Waals surface area contributed by atoms with Gasteiger partial charge in [0, 0.05) is 37.9 Å². The van der Waals surface area contributed by atoms with E-state index in [9.17, 15) is 9.59 Å². The fourth-order valence-corrected chi connectivity index (χ4v) is 5.77. The van der Waals surface area contributed by atoms with E-state index in [0.29, 0.717) is 24.4 Å². The lowest BCUT2D eigenvalue weighted by Crippen LogP contribution is -2.39. The van der Waals surface area contributed by atoms with Gasteiger partial charge in [0.05, 0.1) is 36.2 Å². The van der Waals surface area contributed by atoms with Crippen molar-refractivity contribution in [3.05, 3.63) is 40.9 Å². The Labute approximate surface area is 210 Å². The molecule has 3 fully saturated rings. The molecule has 2 atom stereocenters. The van der Waals surface area contributed by atoms with Crippen molar-refractivity contribution in [2.75, 3.05) is 36.5 Å². The van der Waals surface area contributed by atoms with Gasteiger partial charge in [-0.15, -0.1) is 0 Å². The molecule has 2 aliphatic heterocycles. The minimum Gasteiger partial charge on any atom is -0.375 e. The smallest absolute Gasteiger partial charge is 0.231 e. The fourth-order valence-electron chi connectivity index (χ4n) is 5.03. The summed E-state index contributed by atoms with van der Waals surface area (Å²) in [4.78, 5) is 32.6. The Morgan fingerprint density at radius 1 is 1.23 bits per heavy atom. The number of carbonyl (C=O) groups is 2. The predicted molar refractivity (Wildman–Crippen MR) is 136 cm³/mol. The highest BCUT2D eigenvalue weighted by atomic mass is 32.1. The van der Waals surface area contributed by atoms with E-state index in [0.717, 1.165) is 49.5 Å². The van der Waals surface area contributed by atoms with Crippen LogP contribution in [0.15, 0.2) is 30.5 Å². The molecular formula is C26H34N4O4S. The SMILES string of the molecule is O=C(Nc1ncc(COC2CCCCC2)s1)C1CC(=O)N(c2ccc(CC3CNCCO3)cc2)C1. The van der Waals surface area contributed by atoms with Crippen molar-refractivity contribution in [2.45, 2.75) is 63.8 Å². The van der Waals surface area contributed by atoms with Crippen LogP contribution in [0.25, 0.3) is 0 Å². The normalized spacial score (nSPS) is 23.5. The number of aromatic nitrogens is 1. The first-order chi connectivity index (χ1) is 17.1. The monoisotopic (exact) mass is 498 g/mol. The Hall–Kier alpha value is -2.33. The van der Waals surface area contributed by atoms with E-state index in [1.165, 1.54) is 36.2 Å². The zero-order chi connectivity index (χ0) is 24.0. The molecule has 5 rings (SSSR count). The number of nitrogens with zero attached hydrogens (tertiary/aromatic N) is 2. The zero-order valence-electron chi connectivity index (χ0n) is 20.0. The molecule has 1 aromatic carbocycles. The van der Waals surface area contributed by atoms with Crippen molar-refractivity contribution in [3.8, 4) is 0 Å². The van der Waals surface area contributed by atoms with Crippen LogP contribution in [0.4, 0.5) is 10.8 Å². The molecule has 2 N–H and O–H groups in total. The number of ether oxygens (including phenoxy) is 2. The summed E-state index contributed by atoms with van der Waals surface area (Å²) in [5.74, 6) is -0.582. The second-order valence-corrected chi connectivity index (χ2v) is 10.8. The third kappa shape index (κ3) is 6.46. The second kappa shape index (κ2) is 11.6. The largest absolute Gasteiger partial charge is 0.375 e. The van der Waals surface area contributed by atoms with E-state index in [4.69, 9.17) is 9.47 Å². The number of anilines is 2. The highest BCUT2D eigenvalue weighted by Gasteiger charge is 2.35. The summed E-state index contributed by atoms with van der Waals surface area (Å²) in [5.41, 5.74) is 2.00. The van der Waals surface area contributed by atoms with Crippen LogP contribution >= 0.6 is 11.3 Å². The number of benzene rings is 1. The Bertz CT molecular complexity index is 999. The number of hydrogen-bond donors (Lipinski definition) is 2. The van der Waals surface area contributed by atoms with Gasteiger partial charge in [-0.2, -0.15) is 0 Å². The van der Waals surface area contributed by atoms with Crippen molar-refractivity contribution in [3.63, 3.8) is 0 Å². The molecule has 9 heteroatoms. The molecule has 2 saturated heterocycles. The van der Waals surface area contributed by atoms with Gasteiger partial charge in [-0.3, -0.25) is 9.59 Å². The summed E-state index contributed by atoms with van der Waals surface area (Å²) >= 11 is 1.44. The maximum atomic E-state index is 12.9.